The van der Waals surface area contributed by atoms with Gasteiger partial charge in [0, 0.05) is 18.1 Å². The highest BCUT2D eigenvalue weighted by Gasteiger charge is 2.08. The number of hydrogen-bond donors (Lipinski definition) is 1. The van der Waals surface area contributed by atoms with E-state index in [0.717, 1.165) is 6.29 Å². The number of benzene rings is 1. The molecule has 94 valence electrons. The maximum Gasteiger partial charge on any atom is 0.161 e. The summed E-state index contributed by atoms with van der Waals surface area (Å²) in [7, 11) is 0. The Balaban J connectivity index is 2.78. The highest BCUT2D eigenvalue weighted by Crippen LogP contribution is 2.28. The number of aldehydes is 1. The second-order valence-electron chi connectivity index (χ2n) is 3.86. The minimum absolute atomic E-state index is 0.0650. The van der Waals surface area contributed by atoms with Crippen LogP contribution in [0.5, 0.6) is 11.5 Å². The van der Waals surface area contributed by atoms with Crippen molar-refractivity contribution in [1.29, 1.82) is 0 Å². The van der Waals surface area contributed by atoms with E-state index < -0.39 is 0 Å². The number of ether oxygens (including phenoxy) is 2. The van der Waals surface area contributed by atoms with Gasteiger partial charge in [-0.2, -0.15) is 0 Å². The molecule has 0 aliphatic carbocycles. The number of carbonyl (C=O) groups excluding carboxylic acids is 1. The molecule has 0 aliphatic heterocycles. The molecule has 1 rings (SSSR count). The lowest BCUT2D eigenvalue weighted by Crippen LogP contribution is -2.12. The summed E-state index contributed by atoms with van der Waals surface area (Å²) in [5, 5.41) is 8.91. The number of rotatable bonds is 7. The molecule has 1 aromatic rings. The van der Waals surface area contributed by atoms with Crippen LogP contribution < -0.4 is 9.47 Å². The second-order valence-corrected chi connectivity index (χ2v) is 3.86. The van der Waals surface area contributed by atoms with Gasteiger partial charge in [-0.05, 0) is 25.1 Å². The normalized spacial score (nSPS) is 11.9. The van der Waals surface area contributed by atoms with E-state index in [-0.39, 0.29) is 12.5 Å². The fourth-order valence-electron chi connectivity index (χ4n) is 1.27. The van der Waals surface area contributed by atoms with Gasteiger partial charge in [0.15, 0.2) is 11.5 Å². The molecule has 0 heterocycles. The summed E-state index contributed by atoms with van der Waals surface area (Å²) in [6.07, 6.45) is 0.767. The minimum Gasteiger partial charge on any atom is -0.490 e. The van der Waals surface area contributed by atoms with Crippen LogP contribution in [0.15, 0.2) is 18.2 Å². The molecule has 0 bridgehead atoms. The van der Waals surface area contributed by atoms with E-state index in [4.69, 9.17) is 14.6 Å². The summed E-state index contributed by atoms with van der Waals surface area (Å²) in [6, 6.07) is 5.03. The topological polar surface area (TPSA) is 55.8 Å². The van der Waals surface area contributed by atoms with Crippen LogP contribution in [-0.2, 0) is 0 Å². The molecule has 1 aromatic carbocycles. The Morgan fingerprint density at radius 3 is 2.71 bits per heavy atom. The van der Waals surface area contributed by atoms with Crippen LogP contribution in [-0.4, -0.2) is 31.2 Å². The van der Waals surface area contributed by atoms with Crippen molar-refractivity contribution in [3.05, 3.63) is 23.8 Å². The largest absolute Gasteiger partial charge is 0.490 e. The van der Waals surface area contributed by atoms with E-state index in [0.29, 0.717) is 30.3 Å². The number of aliphatic hydroxyl groups is 1. The molecule has 0 aromatic heterocycles. The van der Waals surface area contributed by atoms with Gasteiger partial charge in [0.2, 0.25) is 0 Å². The molecule has 0 amide bonds. The standard InChI is InChI=1S/C13H18O4/c1-3-16-13-6-11(8-15)4-5-12(13)17-9-10(2)7-14/h4-6,8,10,14H,3,7,9H2,1-2H3. The van der Waals surface area contributed by atoms with Gasteiger partial charge in [-0.3, -0.25) is 4.79 Å². The molecule has 1 N–H and O–H groups in total. The van der Waals surface area contributed by atoms with Gasteiger partial charge in [0.05, 0.1) is 13.2 Å². The Labute approximate surface area is 101 Å². The van der Waals surface area contributed by atoms with Crippen LogP contribution >= 0.6 is 0 Å². The molecule has 0 spiro atoms. The van der Waals surface area contributed by atoms with Crippen molar-refractivity contribution in [3.8, 4) is 11.5 Å². The second kappa shape index (κ2) is 6.91. The Bertz CT molecular complexity index is 362. The third kappa shape index (κ3) is 4.07. The van der Waals surface area contributed by atoms with E-state index >= 15 is 0 Å². The fraction of sp³-hybridized carbons (Fsp3) is 0.462. The molecule has 0 saturated heterocycles. The van der Waals surface area contributed by atoms with Gasteiger partial charge in [-0.25, -0.2) is 0 Å². The first-order valence-electron chi connectivity index (χ1n) is 5.67. The Morgan fingerprint density at radius 2 is 2.12 bits per heavy atom. The fourth-order valence-corrected chi connectivity index (χ4v) is 1.27. The van der Waals surface area contributed by atoms with Gasteiger partial charge < -0.3 is 14.6 Å². The Morgan fingerprint density at radius 1 is 1.35 bits per heavy atom. The Kier molecular flexibility index (Phi) is 5.49. The molecule has 0 radical (unpaired) electrons. The van der Waals surface area contributed by atoms with Gasteiger partial charge >= 0.3 is 0 Å². The van der Waals surface area contributed by atoms with Crippen molar-refractivity contribution >= 4 is 6.29 Å². The third-order valence-electron chi connectivity index (χ3n) is 2.24. The molecule has 17 heavy (non-hydrogen) atoms. The van der Waals surface area contributed by atoms with Crippen LogP contribution in [0.2, 0.25) is 0 Å². The number of carbonyl (C=O) groups is 1. The number of aliphatic hydroxyl groups excluding tert-OH is 1. The number of hydrogen-bond acceptors (Lipinski definition) is 4. The average Bonchev–Trinajstić information content (AvgIpc) is 2.37. The lowest BCUT2D eigenvalue weighted by Gasteiger charge is -2.14. The van der Waals surface area contributed by atoms with Gasteiger partial charge in [-0.1, -0.05) is 6.92 Å². The summed E-state index contributed by atoms with van der Waals surface area (Å²) >= 11 is 0. The summed E-state index contributed by atoms with van der Waals surface area (Å²) < 4.78 is 10.9. The van der Waals surface area contributed by atoms with Crippen molar-refractivity contribution in [2.75, 3.05) is 19.8 Å². The molecule has 4 heteroatoms. The summed E-state index contributed by atoms with van der Waals surface area (Å²) in [5.74, 6) is 1.22. The van der Waals surface area contributed by atoms with Crippen LogP contribution in [0.4, 0.5) is 0 Å². The van der Waals surface area contributed by atoms with Crippen LogP contribution in [0.1, 0.15) is 24.2 Å². The highest BCUT2D eigenvalue weighted by atomic mass is 16.5. The molecule has 0 fully saturated rings. The lowest BCUT2D eigenvalue weighted by molar-refractivity contribution is 0.112. The zero-order chi connectivity index (χ0) is 12.7. The van der Waals surface area contributed by atoms with Crippen molar-refractivity contribution in [2.45, 2.75) is 13.8 Å². The summed E-state index contributed by atoms with van der Waals surface area (Å²) in [4.78, 5) is 10.7. The molecule has 1 atom stereocenters. The molecular weight excluding hydrogens is 220 g/mol. The van der Waals surface area contributed by atoms with E-state index in [1.165, 1.54) is 0 Å². The first kappa shape index (κ1) is 13.5. The molecular formula is C13H18O4. The average molecular weight is 238 g/mol. The maximum atomic E-state index is 10.7. The SMILES string of the molecule is CCOc1cc(C=O)ccc1OCC(C)CO. The van der Waals surface area contributed by atoms with E-state index in [2.05, 4.69) is 0 Å². The van der Waals surface area contributed by atoms with E-state index in [1.807, 2.05) is 13.8 Å². The van der Waals surface area contributed by atoms with Crippen LogP contribution in [0, 0.1) is 5.92 Å². The van der Waals surface area contributed by atoms with Gasteiger partial charge in [-0.15, -0.1) is 0 Å². The predicted molar refractivity (Wildman–Crippen MR) is 64.7 cm³/mol. The van der Waals surface area contributed by atoms with Crippen molar-refractivity contribution in [2.24, 2.45) is 5.92 Å². The van der Waals surface area contributed by atoms with Crippen molar-refractivity contribution in [1.82, 2.24) is 0 Å². The molecule has 1 unspecified atom stereocenters. The minimum atomic E-state index is 0.0650. The first-order chi connectivity index (χ1) is 8.21. The zero-order valence-corrected chi connectivity index (χ0v) is 10.2. The predicted octanol–water partition coefficient (Wildman–Crippen LogP) is 1.90. The van der Waals surface area contributed by atoms with Gasteiger partial charge in [0.25, 0.3) is 0 Å². The molecule has 0 aliphatic rings. The maximum absolute atomic E-state index is 10.7. The quantitative estimate of drug-likeness (QED) is 0.737. The van der Waals surface area contributed by atoms with Crippen molar-refractivity contribution in [3.63, 3.8) is 0 Å². The Hall–Kier alpha value is -1.55. The van der Waals surface area contributed by atoms with E-state index in [9.17, 15) is 4.79 Å². The van der Waals surface area contributed by atoms with Crippen molar-refractivity contribution < 1.29 is 19.4 Å². The summed E-state index contributed by atoms with van der Waals surface area (Å²) in [6.45, 7) is 4.76. The third-order valence-corrected chi connectivity index (χ3v) is 2.24. The summed E-state index contributed by atoms with van der Waals surface area (Å²) in [5.41, 5.74) is 0.552. The van der Waals surface area contributed by atoms with Crippen LogP contribution in [0.25, 0.3) is 0 Å². The van der Waals surface area contributed by atoms with Gasteiger partial charge in [0.1, 0.15) is 6.29 Å². The molecule has 4 nitrogen and oxygen atoms in total. The van der Waals surface area contributed by atoms with Crippen LogP contribution in [0.3, 0.4) is 0 Å². The highest BCUT2D eigenvalue weighted by molar-refractivity contribution is 5.76. The zero-order valence-electron chi connectivity index (χ0n) is 10.2. The lowest BCUT2D eigenvalue weighted by atomic mass is 10.2. The first-order valence-corrected chi connectivity index (χ1v) is 5.67. The monoisotopic (exact) mass is 238 g/mol. The smallest absolute Gasteiger partial charge is 0.161 e. The van der Waals surface area contributed by atoms with E-state index in [1.54, 1.807) is 18.2 Å². The molecule has 0 saturated carbocycles.